The lowest BCUT2D eigenvalue weighted by atomic mass is 10.3. The number of halogens is 1. The Hall–Kier alpha value is -2.27. The summed E-state index contributed by atoms with van der Waals surface area (Å²) in [7, 11) is 0. The first-order valence-electron chi connectivity index (χ1n) is 6.29. The second-order valence-corrected chi connectivity index (χ2v) is 4.10. The molecule has 2 aromatic carbocycles. The highest BCUT2D eigenvalue weighted by Crippen LogP contribution is 2.21. The predicted octanol–water partition coefficient (Wildman–Crippen LogP) is 4.00. The van der Waals surface area contributed by atoms with Crippen LogP contribution in [-0.2, 0) is 0 Å². The van der Waals surface area contributed by atoms with Crippen LogP contribution in [0.4, 0.5) is 15.8 Å². The smallest absolute Gasteiger partial charge is 0.123 e. The molecule has 2 aromatic rings. The predicted molar refractivity (Wildman–Crippen MR) is 74.2 cm³/mol. The molecule has 4 nitrogen and oxygen atoms in total. The largest absolute Gasteiger partial charge is 0.494 e. The van der Waals surface area contributed by atoms with Crippen LogP contribution in [0, 0.1) is 5.82 Å². The van der Waals surface area contributed by atoms with E-state index in [1.54, 1.807) is 36.4 Å². The Balaban J connectivity index is 1.94. The van der Waals surface area contributed by atoms with Gasteiger partial charge in [0.1, 0.15) is 11.6 Å². The van der Waals surface area contributed by atoms with E-state index < -0.39 is 0 Å². The van der Waals surface area contributed by atoms with E-state index in [0.29, 0.717) is 24.4 Å². The zero-order valence-electron chi connectivity index (χ0n) is 10.9. The zero-order chi connectivity index (χ0) is 14.2. The molecule has 0 spiro atoms. The lowest BCUT2D eigenvalue weighted by Crippen LogP contribution is -1.99. The van der Waals surface area contributed by atoms with Crippen molar-refractivity contribution in [2.24, 2.45) is 10.2 Å². The molecule has 0 heterocycles. The number of aliphatic hydroxyl groups excluding tert-OH is 1. The van der Waals surface area contributed by atoms with Crippen LogP contribution >= 0.6 is 0 Å². The third kappa shape index (κ3) is 4.44. The molecule has 20 heavy (non-hydrogen) atoms. The number of nitrogens with zero attached hydrogens (tertiary/aromatic N) is 2. The van der Waals surface area contributed by atoms with Gasteiger partial charge in [-0.05, 0) is 48.5 Å². The molecule has 0 saturated carbocycles. The molecule has 0 fully saturated rings. The molecule has 0 aliphatic carbocycles. The third-order valence-corrected chi connectivity index (χ3v) is 2.52. The van der Waals surface area contributed by atoms with Crippen LogP contribution in [-0.4, -0.2) is 18.3 Å². The van der Waals surface area contributed by atoms with E-state index in [1.165, 1.54) is 12.1 Å². The monoisotopic (exact) mass is 274 g/mol. The van der Waals surface area contributed by atoms with Crippen molar-refractivity contribution in [3.05, 3.63) is 54.3 Å². The molecule has 0 unspecified atom stereocenters. The summed E-state index contributed by atoms with van der Waals surface area (Å²) in [6.45, 7) is 0.594. The van der Waals surface area contributed by atoms with Gasteiger partial charge < -0.3 is 9.84 Å². The fraction of sp³-hybridized carbons (Fsp3) is 0.200. The molecule has 0 saturated heterocycles. The standard InChI is InChI=1S/C15H15FN2O2/c16-12-2-4-13(5-3-12)17-18-14-6-8-15(9-7-14)20-11-1-10-19/h2-9,19H,1,10-11H2. The molecule has 0 amide bonds. The highest BCUT2D eigenvalue weighted by atomic mass is 19.1. The van der Waals surface area contributed by atoms with Gasteiger partial charge in [-0.3, -0.25) is 0 Å². The highest BCUT2D eigenvalue weighted by molar-refractivity contribution is 5.42. The van der Waals surface area contributed by atoms with Crippen molar-refractivity contribution in [1.82, 2.24) is 0 Å². The van der Waals surface area contributed by atoms with Crippen LogP contribution in [0.15, 0.2) is 58.8 Å². The molecule has 0 aliphatic heterocycles. The van der Waals surface area contributed by atoms with Crippen LogP contribution in [0.2, 0.25) is 0 Å². The minimum atomic E-state index is -0.298. The summed E-state index contributed by atoms with van der Waals surface area (Å²) in [6, 6.07) is 12.9. The number of benzene rings is 2. The maximum Gasteiger partial charge on any atom is 0.123 e. The highest BCUT2D eigenvalue weighted by Gasteiger charge is 1.95. The summed E-state index contributed by atoms with van der Waals surface area (Å²) in [4.78, 5) is 0. The van der Waals surface area contributed by atoms with Gasteiger partial charge in [0, 0.05) is 13.0 Å². The zero-order valence-corrected chi connectivity index (χ0v) is 10.9. The Bertz CT molecular complexity index is 553. The van der Waals surface area contributed by atoms with Crippen LogP contribution in [0.3, 0.4) is 0 Å². The van der Waals surface area contributed by atoms with Gasteiger partial charge in [-0.15, -0.1) is 0 Å². The third-order valence-electron chi connectivity index (χ3n) is 2.52. The Morgan fingerprint density at radius 2 is 1.45 bits per heavy atom. The molecule has 104 valence electrons. The van der Waals surface area contributed by atoms with Crippen molar-refractivity contribution in [2.75, 3.05) is 13.2 Å². The van der Waals surface area contributed by atoms with E-state index in [9.17, 15) is 4.39 Å². The molecular weight excluding hydrogens is 259 g/mol. The lowest BCUT2D eigenvalue weighted by Gasteiger charge is -2.04. The van der Waals surface area contributed by atoms with Gasteiger partial charge in [-0.1, -0.05) is 0 Å². The van der Waals surface area contributed by atoms with Crippen molar-refractivity contribution in [3.8, 4) is 5.75 Å². The van der Waals surface area contributed by atoms with Gasteiger partial charge in [-0.25, -0.2) is 4.39 Å². The van der Waals surface area contributed by atoms with Crippen molar-refractivity contribution in [3.63, 3.8) is 0 Å². The number of hydrogen-bond donors (Lipinski definition) is 1. The van der Waals surface area contributed by atoms with Gasteiger partial charge >= 0.3 is 0 Å². The molecule has 0 aromatic heterocycles. The number of azo groups is 1. The summed E-state index contributed by atoms with van der Waals surface area (Å²) < 4.78 is 18.1. The summed E-state index contributed by atoms with van der Waals surface area (Å²) >= 11 is 0. The average Bonchev–Trinajstić information content (AvgIpc) is 2.48. The van der Waals surface area contributed by atoms with Gasteiger partial charge in [0.2, 0.25) is 0 Å². The van der Waals surface area contributed by atoms with E-state index in [-0.39, 0.29) is 12.4 Å². The molecule has 0 bridgehead atoms. The molecule has 2 rings (SSSR count). The fourth-order valence-electron chi connectivity index (χ4n) is 1.49. The van der Waals surface area contributed by atoms with Crippen molar-refractivity contribution < 1.29 is 14.2 Å². The first kappa shape index (κ1) is 14.1. The number of aliphatic hydroxyl groups is 1. The Morgan fingerprint density at radius 1 is 0.900 bits per heavy atom. The van der Waals surface area contributed by atoms with Crippen LogP contribution in [0.5, 0.6) is 5.75 Å². The lowest BCUT2D eigenvalue weighted by molar-refractivity contribution is 0.233. The fourth-order valence-corrected chi connectivity index (χ4v) is 1.49. The minimum absolute atomic E-state index is 0.115. The van der Waals surface area contributed by atoms with E-state index in [0.717, 1.165) is 5.75 Å². The van der Waals surface area contributed by atoms with Crippen LogP contribution in [0.25, 0.3) is 0 Å². The van der Waals surface area contributed by atoms with E-state index >= 15 is 0 Å². The van der Waals surface area contributed by atoms with Crippen LogP contribution in [0.1, 0.15) is 6.42 Å². The number of rotatable bonds is 6. The molecular formula is C15H15FN2O2. The molecule has 0 aliphatic rings. The van der Waals surface area contributed by atoms with Crippen molar-refractivity contribution >= 4 is 11.4 Å². The first-order chi connectivity index (χ1) is 9.78. The summed E-state index contributed by atoms with van der Waals surface area (Å²) in [5.74, 6) is 0.424. The molecule has 1 N–H and O–H groups in total. The normalized spacial score (nSPS) is 10.9. The van der Waals surface area contributed by atoms with E-state index in [2.05, 4.69) is 10.2 Å². The van der Waals surface area contributed by atoms with Crippen molar-refractivity contribution in [2.45, 2.75) is 6.42 Å². The van der Waals surface area contributed by atoms with E-state index in [4.69, 9.17) is 9.84 Å². The van der Waals surface area contributed by atoms with Gasteiger partial charge in [-0.2, -0.15) is 10.2 Å². The maximum atomic E-state index is 12.7. The summed E-state index contributed by atoms with van der Waals surface area (Å²) in [5, 5.41) is 16.7. The molecule has 5 heteroatoms. The first-order valence-corrected chi connectivity index (χ1v) is 6.29. The molecule has 0 radical (unpaired) electrons. The number of hydrogen-bond acceptors (Lipinski definition) is 4. The maximum absolute atomic E-state index is 12.7. The van der Waals surface area contributed by atoms with Crippen LogP contribution < -0.4 is 4.74 Å². The average molecular weight is 274 g/mol. The Labute approximate surface area is 116 Å². The number of ether oxygens (including phenoxy) is 1. The van der Waals surface area contributed by atoms with Gasteiger partial charge in [0.15, 0.2) is 0 Å². The molecule has 0 atom stereocenters. The Kier molecular flexibility index (Phi) is 5.20. The van der Waals surface area contributed by atoms with Crippen molar-refractivity contribution in [1.29, 1.82) is 0 Å². The van der Waals surface area contributed by atoms with Gasteiger partial charge in [0.25, 0.3) is 0 Å². The summed E-state index contributed by atoms with van der Waals surface area (Å²) in [6.07, 6.45) is 0.603. The summed E-state index contributed by atoms with van der Waals surface area (Å²) in [5.41, 5.74) is 1.28. The Morgan fingerprint density at radius 3 is 2.00 bits per heavy atom. The van der Waals surface area contributed by atoms with Gasteiger partial charge in [0.05, 0.1) is 18.0 Å². The SMILES string of the molecule is OCCCOc1ccc(N=Nc2ccc(F)cc2)cc1. The minimum Gasteiger partial charge on any atom is -0.494 e. The second kappa shape index (κ2) is 7.35. The second-order valence-electron chi connectivity index (χ2n) is 4.10. The van der Waals surface area contributed by atoms with E-state index in [1.807, 2.05) is 0 Å². The topological polar surface area (TPSA) is 54.2 Å². The quantitative estimate of drug-likeness (QED) is 0.639.